The summed E-state index contributed by atoms with van der Waals surface area (Å²) in [5, 5.41) is 4.14. The number of benzene rings is 1. The van der Waals surface area contributed by atoms with Gasteiger partial charge in [-0.25, -0.2) is 9.97 Å². The molecule has 0 fully saturated rings. The molecule has 0 spiro atoms. The highest BCUT2D eigenvalue weighted by atomic mass is 127. The molecule has 0 aliphatic heterocycles. The number of fused-ring (bicyclic) bond motifs is 1. The van der Waals surface area contributed by atoms with Gasteiger partial charge in [0.05, 0.1) is 5.52 Å². The van der Waals surface area contributed by atoms with Crippen LogP contribution in [0.4, 0.5) is 0 Å². The molecule has 0 N–H and O–H groups in total. The van der Waals surface area contributed by atoms with Crippen molar-refractivity contribution in [3.8, 4) is 11.2 Å². The molecule has 5 heteroatoms. The minimum atomic E-state index is 0.268. The summed E-state index contributed by atoms with van der Waals surface area (Å²) in [5.41, 5.74) is 1.79. The highest BCUT2D eigenvalue weighted by molar-refractivity contribution is 14.2. The Kier molecular flexibility index (Phi) is 3.67. The van der Waals surface area contributed by atoms with E-state index >= 15 is 0 Å². The number of rotatable bonds is 0. The normalized spacial score (nSPS) is 9.73. The molecule has 0 aliphatic rings. The van der Waals surface area contributed by atoms with E-state index in [1.165, 1.54) is 8.93 Å². The molecule has 0 amide bonds. The van der Waals surface area contributed by atoms with Gasteiger partial charge in [-0.2, -0.15) is 0 Å². The van der Waals surface area contributed by atoms with E-state index in [1.54, 1.807) is 6.20 Å². The standard InChI is InChI=1S/C10H4ClIN2S/c11-10-13-6-8-5-7(3-4-15-12)1-2-9(8)14-10/h1-2,5-6H. The molecular weight excluding hydrogens is 343 g/mol. The van der Waals surface area contributed by atoms with E-state index in [9.17, 15) is 0 Å². The Balaban J connectivity index is 2.52. The third-order valence-electron chi connectivity index (χ3n) is 1.78. The molecule has 0 saturated carbocycles. The lowest BCUT2D eigenvalue weighted by molar-refractivity contribution is 1.22. The van der Waals surface area contributed by atoms with Crippen LogP contribution >= 0.6 is 41.7 Å². The van der Waals surface area contributed by atoms with Crippen LogP contribution in [0, 0.1) is 11.2 Å². The average Bonchev–Trinajstić information content (AvgIpc) is 2.26. The number of aromatic nitrogens is 2. The molecular formula is C10H4ClIN2S. The summed E-state index contributed by atoms with van der Waals surface area (Å²) in [5.74, 6) is 3.02. The number of nitrogens with zero attached hydrogens (tertiary/aromatic N) is 2. The van der Waals surface area contributed by atoms with Crippen molar-refractivity contribution < 1.29 is 0 Å². The zero-order valence-electron chi connectivity index (χ0n) is 7.37. The second-order valence-electron chi connectivity index (χ2n) is 2.72. The SMILES string of the molecule is Clc1ncc2cc(C#CSI)ccc2n1. The lowest BCUT2D eigenvalue weighted by atomic mass is 10.1. The highest BCUT2D eigenvalue weighted by Crippen LogP contribution is 2.15. The zero-order valence-corrected chi connectivity index (χ0v) is 11.1. The Morgan fingerprint density at radius 2 is 2.27 bits per heavy atom. The van der Waals surface area contributed by atoms with Crippen LogP contribution < -0.4 is 0 Å². The highest BCUT2D eigenvalue weighted by Gasteiger charge is 1.97. The minimum Gasteiger partial charge on any atom is -0.226 e. The van der Waals surface area contributed by atoms with Crippen molar-refractivity contribution in [2.45, 2.75) is 0 Å². The second-order valence-corrected chi connectivity index (χ2v) is 4.73. The molecule has 1 aromatic heterocycles. The third-order valence-corrected chi connectivity index (χ3v) is 2.81. The van der Waals surface area contributed by atoms with Crippen LogP contribution in [0.3, 0.4) is 0 Å². The topological polar surface area (TPSA) is 25.8 Å². The molecule has 2 aromatic rings. The summed E-state index contributed by atoms with van der Waals surface area (Å²) < 4.78 is 0. The van der Waals surface area contributed by atoms with Crippen LogP contribution in [0.5, 0.6) is 0 Å². The molecule has 1 heterocycles. The fourth-order valence-electron chi connectivity index (χ4n) is 1.17. The molecule has 0 aliphatic carbocycles. The van der Waals surface area contributed by atoms with Gasteiger partial charge in [-0.05, 0) is 44.0 Å². The van der Waals surface area contributed by atoms with Gasteiger partial charge in [0.1, 0.15) is 0 Å². The molecule has 0 saturated heterocycles. The van der Waals surface area contributed by atoms with Crippen LogP contribution in [-0.2, 0) is 0 Å². The smallest absolute Gasteiger partial charge is 0.222 e. The molecule has 0 bridgehead atoms. The molecule has 1 aromatic carbocycles. The fourth-order valence-corrected chi connectivity index (χ4v) is 1.79. The maximum Gasteiger partial charge on any atom is 0.222 e. The summed E-state index contributed by atoms with van der Waals surface area (Å²) in [6.45, 7) is 0. The van der Waals surface area contributed by atoms with E-state index in [0.29, 0.717) is 0 Å². The van der Waals surface area contributed by atoms with E-state index < -0.39 is 0 Å². The first kappa shape index (κ1) is 11.0. The summed E-state index contributed by atoms with van der Waals surface area (Å²) in [7, 11) is 1.46. The number of halogens is 2. The van der Waals surface area contributed by atoms with Crippen molar-refractivity contribution in [2.75, 3.05) is 0 Å². The van der Waals surface area contributed by atoms with Gasteiger partial charge in [0.2, 0.25) is 5.28 Å². The van der Waals surface area contributed by atoms with E-state index in [4.69, 9.17) is 11.6 Å². The summed E-state index contributed by atoms with van der Waals surface area (Å²) >= 11 is 7.83. The van der Waals surface area contributed by atoms with Crippen LogP contribution in [-0.4, -0.2) is 9.97 Å². The Morgan fingerprint density at radius 1 is 1.40 bits per heavy atom. The predicted molar refractivity (Wildman–Crippen MR) is 73.0 cm³/mol. The van der Waals surface area contributed by atoms with Crippen molar-refractivity contribution in [3.63, 3.8) is 0 Å². The van der Waals surface area contributed by atoms with Gasteiger partial charge in [0, 0.05) is 38.4 Å². The lowest BCUT2D eigenvalue weighted by Gasteiger charge is -1.97. The monoisotopic (exact) mass is 346 g/mol. The average molecular weight is 347 g/mol. The van der Waals surface area contributed by atoms with E-state index in [2.05, 4.69) is 42.3 Å². The van der Waals surface area contributed by atoms with Crippen molar-refractivity contribution in [1.29, 1.82) is 0 Å². The van der Waals surface area contributed by atoms with Crippen LogP contribution in [0.25, 0.3) is 10.9 Å². The van der Waals surface area contributed by atoms with Gasteiger partial charge in [-0.3, -0.25) is 0 Å². The van der Waals surface area contributed by atoms with Gasteiger partial charge < -0.3 is 0 Å². The van der Waals surface area contributed by atoms with Gasteiger partial charge in [-0.1, -0.05) is 5.92 Å². The van der Waals surface area contributed by atoms with E-state index in [1.807, 2.05) is 18.2 Å². The van der Waals surface area contributed by atoms with Gasteiger partial charge in [0.25, 0.3) is 0 Å². The number of hydrogen-bond acceptors (Lipinski definition) is 3. The molecule has 2 rings (SSSR count). The van der Waals surface area contributed by atoms with E-state index in [-0.39, 0.29) is 5.28 Å². The molecule has 2 nitrogen and oxygen atoms in total. The largest absolute Gasteiger partial charge is 0.226 e. The quantitative estimate of drug-likeness (QED) is 0.413. The molecule has 0 atom stereocenters. The third kappa shape index (κ3) is 2.74. The molecule has 15 heavy (non-hydrogen) atoms. The summed E-state index contributed by atoms with van der Waals surface area (Å²) in [6.07, 6.45) is 1.70. The van der Waals surface area contributed by atoms with Gasteiger partial charge in [0.15, 0.2) is 0 Å². The first-order valence-electron chi connectivity index (χ1n) is 4.00. The summed E-state index contributed by atoms with van der Waals surface area (Å²) in [4.78, 5) is 8.02. The fraction of sp³-hybridized carbons (Fsp3) is 0. The lowest BCUT2D eigenvalue weighted by Crippen LogP contribution is -1.84. The van der Waals surface area contributed by atoms with Crippen LogP contribution in [0.15, 0.2) is 24.4 Å². The Labute approximate surface area is 108 Å². The van der Waals surface area contributed by atoms with Crippen molar-refractivity contribution in [2.24, 2.45) is 0 Å². The van der Waals surface area contributed by atoms with Crippen LogP contribution in [0.1, 0.15) is 5.56 Å². The maximum atomic E-state index is 5.69. The van der Waals surface area contributed by atoms with Crippen molar-refractivity contribution >= 4 is 52.6 Å². The first-order valence-corrected chi connectivity index (χ1v) is 7.74. The zero-order chi connectivity index (χ0) is 10.7. The van der Waals surface area contributed by atoms with Crippen molar-refractivity contribution in [1.82, 2.24) is 9.97 Å². The predicted octanol–water partition coefficient (Wildman–Crippen LogP) is 3.68. The van der Waals surface area contributed by atoms with Crippen molar-refractivity contribution in [3.05, 3.63) is 35.2 Å². The van der Waals surface area contributed by atoms with Crippen LogP contribution in [0.2, 0.25) is 5.28 Å². The molecule has 0 unspecified atom stereocenters. The second kappa shape index (κ2) is 5.01. The first-order chi connectivity index (χ1) is 7.29. The maximum absolute atomic E-state index is 5.69. The Morgan fingerprint density at radius 3 is 3.07 bits per heavy atom. The van der Waals surface area contributed by atoms with Gasteiger partial charge >= 0.3 is 0 Å². The minimum absolute atomic E-state index is 0.268. The molecule has 0 radical (unpaired) electrons. The Bertz CT molecular complexity index is 562. The van der Waals surface area contributed by atoms with Gasteiger partial charge in [-0.15, -0.1) is 0 Å². The number of hydrogen-bond donors (Lipinski definition) is 0. The summed E-state index contributed by atoms with van der Waals surface area (Å²) in [6, 6.07) is 5.77. The molecule has 74 valence electrons. The Hall–Kier alpha value is -0.510. The van der Waals surface area contributed by atoms with E-state index in [0.717, 1.165) is 16.5 Å².